The van der Waals surface area contributed by atoms with E-state index in [-0.39, 0.29) is 16.8 Å². The molecule has 4 rings (SSSR count). The van der Waals surface area contributed by atoms with E-state index in [1.807, 2.05) is 6.07 Å². The lowest BCUT2D eigenvalue weighted by atomic mass is 10.1. The monoisotopic (exact) mass is 453 g/mol. The van der Waals surface area contributed by atoms with E-state index in [1.54, 1.807) is 4.90 Å². The van der Waals surface area contributed by atoms with Gasteiger partial charge in [-0.1, -0.05) is 17.7 Å². The average Bonchev–Trinajstić information content (AvgIpc) is 3.15. The summed E-state index contributed by atoms with van der Waals surface area (Å²) in [6, 6.07) is 5.47. The van der Waals surface area contributed by atoms with Crippen LogP contribution in [0.15, 0.2) is 22.7 Å². The van der Waals surface area contributed by atoms with Gasteiger partial charge in [-0.2, -0.15) is 0 Å². The van der Waals surface area contributed by atoms with E-state index >= 15 is 0 Å². The third-order valence-electron chi connectivity index (χ3n) is 4.54. The van der Waals surface area contributed by atoms with Gasteiger partial charge in [0, 0.05) is 19.2 Å². The van der Waals surface area contributed by atoms with Gasteiger partial charge in [0.1, 0.15) is 5.75 Å². The van der Waals surface area contributed by atoms with Gasteiger partial charge in [-0.3, -0.25) is 0 Å². The SMILES string of the molecule is O=C(Oc1cc(Cl)nnc1Oc1c(Br)ccc2c1CCC2)N1CCOCC1. The lowest BCUT2D eigenvalue weighted by Gasteiger charge is -2.26. The number of hydrogen-bond acceptors (Lipinski definition) is 6. The molecule has 0 atom stereocenters. The van der Waals surface area contributed by atoms with Crippen LogP contribution in [0.4, 0.5) is 4.79 Å². The summed E-state index contributed by atoms with van der Waals surface area (Å²) < 4.78 is 17.6. The minimum absolute atomic E-state index is 0.0991. The first-order valence-corrected chi connectivity index (χ1v) is 9.85. The normalized spacial score (nSPS) is 16.1. The highest BCUT2D eigenvalue weighted by molar-refractivity contribution is 9.10. The Hall–Kier alpha value is -1.90. The molecule has 7 nitrogen and oxygen atoms in total. The third kappa shape index (κ3) is 4.02. The van der Waals surface area contributed by atoms with Crippen molar-refractivity contribution in [3.63, 3.8) is 0 Å². The highest BCUT2D eigenvalue weighted by Gasteiger charge is 2.24. The Morgan fingerprint density at radius 2 is 2.04 bits per heavy atom. The summed E-state index contributed by atoms with van der Waals surface area (Å²) >= 11 is 9.48. The second kappa shape index (κ2) is 8.00. The Labute approximate surface area is 169 Å². The van der Waals surface area contributed by atoms with E-state index in [0.717, 1.165) is 29.3 Å². The van der Waals surface area contributed by atoms with Gasteiger partial charge in [-0.05, 0) is 52.4 Å². The predicted molar refractivity (Wildman–Crippen MR) is 102 cm³/mol. The molecule has 1 aliphatic heterocycles. The van der Waals surface area contributed by atoms with Gasteiger partial charge in [-0.25, -0.2) is 4.79 Å². The van der Waals surface area contributed by atoms with E-state index in [2.05, 4.69) is 32.2 Å². The van der Waals surface area contributed by atoms with Gasteiger partial charge in [0.2, 0.25) is 0 Å². The molecule has 1 amide bonds. The molecule has 1 saturated heterocycles. The first kappa shape index (κ1) is 18.5. The summed E-state index contributed by atoms with van der Waals surface area (Å²) in [5.74, 6) is 0.904. The van der Waals surface area contributed by atoms with Crippen LogP contribution in [-0.2, 0) is 17.6 Å². The summed E-state index contributed by atoms with van der Waals surface area (Å²) in [6.07, 6.45) is 2.52. The summed E-state index contributed by atoms with van der Waals surface area (Å²) in [4.78, 5) is 14.0. The number of aromatic nitrogens is 2. The minimum Gasteiger partial charge on any atom is -0.433 e. The fourth-order valence-corrected chi connectivity index (χ4v) is 3.79. The van der Waals surface area contributed by atoms with Crippen LogP contribution in [0.25, 0.3) is 0 Å². The zero-order valence-electron chi connectivity index (χ0n) is 14.4. The van der Waals surface area contributed by atoms with Gasteiger partial charge in [0.15, 0.2) is 10.9 Å². The number of benzene rings is 1. The maximum atomic E-state index is 12.4. The molecule has 0 spiro atoms. The standard InChI is InChI=1S/C18H17BrClN3O4/c19-13-5-4-11-2-1-3-12(11)16(13)27-17-14(10-15(20)21-22-17)26-18(24)23-6-8-25-9-7-23/h4-5,10H,1-3,6-9H2. The fourth-order valence-electron chi connectivity index (χ4n) is 3.20. The fraction of sp³-hybridized carbons (Fsp3) is 0.389. The van der Waals surface area contributed by atoms with Gasteiger partial charge >= 0.3 is 6.09 Å². The molecular formula is C18H17BrClN3O4. The molecule has 0 unspecified atom stereocenters. The molecule has 0 N–H and O–H groups in total. The molecule has 1 aromatic heterocycles. The van der Waals surface area contributed by atoms with Crippen LogP contribution in [0.3, 0.4) is 0 Å². The molecule has 1 aliphatic carbocycles. The molecule has 1 fully saturated rings. The van der Waals surface area contributed by atoms with Crippen molar-refractivity contribution >= 4 is 33.6 Å². The number of carbonyl (C=O) groups excluding carboxylic acids is 1. The van der Waals surface area contributed by atoms with Crippen LogP contribution in [0.2, 0.25) is 5.15 Å². The topological polar surface area (TPSA) is 73.8 Å². The van der Waals surface area contributed by atoms with Crippen LogP contribution in [0.1, 0.15) is 17.5 Å². The van der Waals surface area contributed by atoms with Crippen molar-refractivity contribution < 1.29 is 19.0 Å². The van der Waals surface area contributed by atoms with Gasteiger partial charge in [-0.15, -0.1) is 10.2 Å². The van der Waals surface area contributed by atoms with Crippen LogP contribution in [-0.4, -0.2) is 47.5 Å². The lowest BCUT2D eigenvalue weighted by molar-refractivity contribution is 0.0413. The van der Waals surface area contributed by atoms with Crippen LogP contribution in [0, 0.1) is 0 Å². The van der Waals surface area contributed by atoms with Crippen molar-refractivity contribution in [1.29, 1.82) is 0 Å². The summed E-state index contributed by atoms with van der Waals surface area (Å²) in [5.41, 5.74) is 2.38. The van der Waals surface area contributed by atoms with Gasteiger partial charge in [0.25, 0.3) is 5.88 Å². The number of halogens is 2. The minimum atomic E-state index is -0.496. The van der Waals surface area contributed by atoms with E-state index < -0.39 is 6.09 Å². The van der Waals surface area contributed by atoms with Crippen molar-refractivity contribution in [2.24, 2.45) is 0 Å². The smallest absolute Gasteiger partial charge is 0.415 e. The van der Waals surface area contributed by atoms with Crippen molar-refractivity contribution in [1.82, 2.24) is 15.1 Å². The number of carbonyl (C=O) groups is 1. The van der Waals surface area contributed by atoms with E-state index in [0.29, 0.717) is 32.1 Å². The molecule has 2 aromatic rings. The number of amides is 1. The van der Waals surface area contributed by atoms with Crippen molar-refractivity contribution in [2.75, 3.05) is 26.3 Å². The first-order chi connectivity index (χ1) is 13.1. The number of ether oxygens (including phenoxy) is 3. The Morgan fingerprint density at radius 1 is 1.22 bits per heavy atom. The van der Waals surface area contributed by atoms with Crippen molar-refractivity contribution in [3.05, 3.63) is 39.0 Å². The number of morpholine rings is 1. The summed E-state index contributed by atoms with van der Waals surface area (Å²) in [6.45, 7) is 1.91. The maximum Gasteiger partial charge on any atom is 0.415 e. The largest absolute Gasteiger partial charge is 0.433 e. The second-order valence-corrected chi connectivity index (χ2v) is 7.52. The Balaban J connectivity index is 1.61. The lowest BCUT2D eigenvalue weighted by Crippen LogP contribution is -2.42. The van der Waals surface area contributed by atoms with E-state index in [1.165, 1.54) is 11.6 Å². The molecule has 9 heteroatoms. The Kier molecular flexibility index (Phi) is 5.47. The molecule has 1 aromatic carbocycles. The molecular weight excluding hydrogens is 438 g/mol. The predicted octanol–water partition coefficient (Wildman–Crippen LogP) is 4.00. The van der Waals surface area contributed by atoms with Crippen LogP contribution < -0.4 is 9.47 Å². The quantitative estimate of drug-likeness (QED) is 0.698. The summed E-state index contributed by atoms with van der Waals surface area (Å²) in [5, 5.41) is 7.94. The van der Waals surface area contributed by atoms with Gasteiger partial charge < -0.3 is 19.1 Å². The zero-order valence-corrected chi connectivity index (χ0v) is 16.8. The molecule has 0 radical (unpaired) electrons. The van der Waals surface area contributed by atoms with E-state index in [4.69, 9.17) is 25.8 Å². The van der Waals surface area contributed by atoms with Crippen LogP contribution in [0.5, 0.6) is 17.4 Å². The molecule has 2 aliphatic rings. The zero-order chi connectivity index (χ0) is 18.8. The highest BCUT2D eigenvalue weighted by Crippen LogP contribution is 2.41. The maximum absolute atomic E-state index is 12.4. The van der Waals surface area contributed by atoms with E-state index in [9.17, 15) is 4.79 Å². The average molecular weight is 455 g/mol. The first-order valence-electron chi connectivity index (χ1n) is 8.67. The van der Waals surface area contributed by atoms with Crippen molar-refractivity contribution in [3.8, 4) is 17.4 Å². The number of aryl methyl sites for hydroxylation is 1. The number of hydrogen-bond donors (Lipinski definition) is 0. The third-order valence-corrected chi connectivity index (χ3v) is 5.35. The molecule has 0 saturated carbocycles. The Bertz CT molecular complexity index is 874. The Morgan fingerprint density at radius 3 is 2.85 bits per heavy atom. The number of fused-ring (bicyclic) bond motifs is 1. The molecule has 27 heavy (non-hydrogen) atoms. The van der Waals surface area contributed by atoms with Gasteiger partial charge in [0.05, 0.1) is 17.7 Å². The molecule has 142 valence electrons. The molecule has 2 heterocycles. The highest BCUT2D eigenvalue weighted by atomic mass is 79.9. The number of nitrogens with zero attached hydrogens (tertiary/aromatic N) is 3. The summed E-state index contributed by atoms with van der Waals surface area (Å²) in [7, 11) is 0. The number of rotatable bonds is 3. The molecule has 0 bridgehead atoms. The van der Waals surface area contributed by atoms with Crippen molar-refractivity contribution in [2.45, 2.75) is 19.3 Å². The van der Waals surface area contributed by atoms with Crippen LogP contribution >= 0.6 is 27.5 Å². The second-order valence-electron chi connectivity index (χ2n) is 6.27.